The van der Waals surface area contributed by atoms with Crippen LogP contribution in [0.15, 0.2) is 28.7 Å². The first kappa shape index (κ1) is 15.0. The minimum Gasteiger partial charge on any atom is -0.338 e. The molecule has 0 aliphatic carbocycles. The predicted molar refractivity (Wildman–Crippen MR) is 78.8 cm³/mol. The van der Waals surface area contributed by atoms with Gasteiger partial charge in [-0.05, 0) is 24.5 Å². The van der Waals surface area contributed by atoms with E-state index < -0.39 is 0 Å². The minimum atomic E-state index is -0.0712. The number of nitrogens with one attached hydrogen (secondary N) is 2. The molecule has 0 atom stereocenters. The highest BCUT2D eigenvalue weighted by Gasteiger charge is 2.01. The van der Waals surface area contributed by atoms with Crippen molar-refractivity contribution in [3.05, 3.63) is 34.3 Å². The fourth-order valence-corrected chi connectivity index (χ4v) is 2.13. The number of hydrogen-bond donors (Lipinski definition) is 2. The van der Waals surface area contributed by atoms with Crippen molar-refractivity contribution in [2.24, 2.45) is 0 Å². The zero-order valence-electron chi connectivity index (χ0n) is 10.8. The Hall–Kier alpha value is -1.03. The molecule has 18 heavy (non-hydrogen) atoms. The second kappa shape index (κ2) is 8.97. The van der Waals surface area contributed by atoms with Crippen molar-refractivity contribution < 1.29 is 4.79 Å². The second-order valence-corrected chi connectivity index (χ2v) is 5.09. The van der Waals surface area contributed by atoms with Crippen LogP contribution in [0.4, 0.5) is 4.79 Å². The van der Waals surface area contributed by atoms with E-state index in [0.29, 0.717) is 6.54 Å². The first-order valence-corrected chi connectivity index (χ1v) is 7.28. The van der Waals surface area contributed by atoms with Gasteiger partial charge in [-0.2, -0.15) is 0 Å². The van der Waals surface area contributed by atoms with Crippen LogP contribution >= 0.6 is 15.9 Å². The standard InChI is InChI=1S/C14H21BrN2O/c1-2-3-6-10-16-14(18)17-11-9-12-7-4-5-8-13(12)15/h4-5,7-8H,2-3,6,9-11H2,1H3,(H2,16,17,18). The van der Waals surface area contributed by atoms with Gasteiger partial charge in [0.15, 0.2) is 0 Å². The lowest BCUT2D eigenvalue weighted by Crippen LogP contribution is -2.37. The molecule has 0 radical (unpaired) electrons. The number of halogens is 1. The van der Waals surface area contributed by atoms with E-state index in [2.05, 4.69) is 39.6 Å². The molecular weight excluding hydrogens is 292 g/mol. The van der Waals surface area contributed by atoms with Crippen molar-refractivity contribution in [2.75, 3.05) is 13.1 Å². The smallest absolute Gasteiger partial charge is 0.314 e. The first-order valence-electron chi connectivity index (χ1n) is 6.49. The van der Waals surface area contributed by atoms with E-state index >= 15 is 0 Å². The van der Waals surface area contributed by atoms with Crippen molar-refractivity contribution >= 4 is 22.0 Å². The Morgan fingerprint density at radius 3 is 2.61 bits per heavy atom. The number of amides is 2. The molecule has 1 rings (SSSR count). The molecular formula is C14H21BrN2O. The number of urea groups is 1. The van der Waals surface area contributed by atoms with Gasteiger partial charge in [0.25, 0.3) is 0 Å². The average Bonchev–Trinajstić information content (AvgIpc) is 2.37. The molecule has 3 nitrogen and oxygen atoms in total. The van der Waals surface area contributed by atoms with Crippen LogP contribution in [0.25, 0.3) is 0 Å². The van der Waals surface area contributed by atoms with Gasteiger partial charge in [-0.25, -0.2) is 4.79 Å². The Morgan fingerprint density at radius 1 is 1.17 bits per heavy atom. The molecule has 2 N–H and O–H groups in total. The molecule has 0 fully saturated rings. The highest BCUT2D eigenvalue weighted by atomic mass is 79.9. The van der Waals surface area contributed by atoms with Crippen molar-refractivity contribution in [2.45, 2.75) is 32.6 Å². The summed E-state index contributed by atoms with van der Waals surface area (Å²) in [4.78, 5) is 11.4. The summed E-state index contributed by atoms with van der Waals surface area (Å²) in [5, 5.41) is 5.72. The van der Waals surface area contributed by atoms with Crippen LogP contribution < -0.4 is 10.6 Å². The Labute approximate surface area is 117 Å². The Morgan fingerprint density at radius 2 is 1.89 bits per heavy atom. The van der Waals surface area contributed by atoms with Gasteiger partial charge in [0.2, 0.25) is 0 Å². The van der Waals surface area contributed by atoms with Crippen LogP contribution in [0.5, 0.6) is 0 Å². The maximum Gasteiger partial charge on any atom is 0.314 e. The second-order valence-electron chi connectivity index (χ2n) is 4.23. The van der Waals surface area contributed by atoms with Crippen molar-refractivity contribution in [1.29, 1.82) is 0 Å². The molecule has 100 valence electrons. The molecule has 0 aliphatic rings. The van der Waals surface area contributed by atoms with Gasteiger partial charge in [-0.1, -0.05) is 53.9 Å². The normalized spacial score (nSPS) is 10.1. The number of rotatable bonds is 7. The number of benzene rings is 1. The van der Waals surface area contributed by atoms with Gasteiger partial charge in [-0.3, -0.25) is 0 Å². The van der Waals surface area contributed by atoms with E-state index in [4.69, 9.17) is 0 Å². The average molecular weight is 313 g/mol. The Balaban J connectivity index is 2.14. The Bertz CT molecular complexity index is 369. The van der Waals surface area contributed by atoms with Crippen molar-refractivity contribution in [3.8, 4) is 0 Å². The SMILES string of the molecule is CCCCCNC(=O)NCCc1ccccc1Br. The van der Waals surface area contributed by atoms with Crippen LogP contribution in [-0.2, 0) is 6.42 Å². The van der Waals surface area contributed by atoms with E-state index in [1.165, 1.54) is 12.0 Å². The summed E-state index contributed by atoms with van der Waals surface area (Å²) >= 11 is 3.49. The lowest BCUT2D eigenvalue weighted by Gasteiger charge is -2.08. The lowest BCUT2D eigenvalue weighted by molar-refractivity contribution is 0.241. The molecule has 4 heteroatoms. The van der Waals surface area contributed by atoms with E-state index in [-0.39, 0.29) is 6.03 Å². The highest BCUT2D eigenvalue weighted by Crippen LogP contribution is 2.15. The largest absolute Gasteiger partial charge is 0.338 e. The quantitative estimate of drug-likeness (QED) is 0.744. The predicted octanol–water partition coefficient (Wildman–Crippen LogP) is 3.48. The zero-order valence-corrected chi connectivity index (χ0v) is 12.4. The van der Waals surface area contributed by atoms with E-state index in [1.54, 1.807) is 0 Å². The van der Waals surface area contributed by atoms with Crippen LogP contribution in [0.1, 0.15) is 31.7 Å². The van der Waals surface area contributed by atoms with Gasteiger partial charge in [0, 0.05) is 17.6 Å². The summed E-state index contributed by atoms with van der Waals surface area (Å²) in [5.41, 5.74) is 1.21. The molecule has 0 bridgehead atoms. The number of carbonyl (C=O) groups is 1. The molecule has 0 spiro atoms. The molecule has 1 aromatic carbocycles. The number of hydrogen-bond acceptors (Lipinski definition) is 1. The van der Waals surface area contributed by atoms with Crippen LogP contribution in [0, 0.1) is 0 Å². The summed E-state index contributed by atoms with van der Waals surface area (Å²) in [6.07, 6.45) is 4.22. The fourth-order valence-electron chi connectivity index (χ4n) is 1.65. The number of unbranched alkanes of at least 4 members (excludes halogenated alkanes) is 2. The van der Waals surface area contributed by atoms with E-state index in [1.807, 2.05) is 18.2 Å². The number of carbonyl (C=O) groups excluding carboxylic acids is 1. The van der Waals surface area contributed by atoms with Gasteiger partial charge in [-0.15, -0.1) is 0 Å². The molecule has 1 aromatic rings. The third-order valence-electron chi connectivity index (χ3n) is 2.70. The van der Waals surface area contributed by atoms with Crippen LogP contribution in [0.2, 0.25) is 0 Å². The molecule has 2 amide bonds. The van der Waals surface area contributed by atoms with E-state index in [9.17, 15) is 4.79 Å². The molecule has 0 aliphatic heterocycles. The zero-order chi connectivity index (χ0) is 13.2. The minimum absolute atomic E-state index is 0.0712. The highest BCUT2D eigenvalue weighted by molar-refractivity contribution is 9.10. The molecule has 0 saturated carbocycles. The summed E-state index contributed by atoms with van der Waals surface area (Å²) in [5.74, 6) is 0. The van der Waals surface area contributed by atoms with Gasteiger partial charge < -0.3 is 10.6 Å². The maximum atomic E-state index is 11.4. The van der Waals surface area contributed by atoms with Gasteiger partial charge in [0.05, 0.1) is 0 Å². The van der Waals surface area contributed by atoms with Crippen molar-refractivity contribution in [3.63, 3.8) is 0 Å². The molecule has 0 heterocycles. The van der Waals surface area contributed by atoms with Crippen LogP contribution in [0.3, 0.4) is 0 Å². The van der Waals surface area contributed by atoms with Gasteiger partial charge in [0.1, 0.15) is 0 Å². The summed E-state index contributed by atoms with van der Waals surface area (Å²) < 4.78 is 1.09. The maximum absolute atomic E-state index is 11.4. The third kappa shape index (κ3) is 6.05. The van der Waals surface area contributed by atoms with E-state index in [0.717, 1.165) is 30.3 Å². The fraction of sp³-hybridized carbons (Fsp3) is 0.500. The molecule has 0 aromatic heterocycles. The Kier molecular flexibility index (Phi) is 7.49. The summed E-state index contributed by atoms with van der Waals surface area (Å²) in [7, 11) is 0. The monoisotopic (exact) mass is 312 g/mol. The summed E-state index contributed by atoms with van der Waals surface area (Å²) in [6.45, 7) is 3.56. The van der Waals surface area contributed by atoms with Crippen molar-refractivity contribution in [1.82, 2.24) is 10.6 Å². The summed E-state index contributed by atoms with van der Waals surface area (Å²) in [6, 6.07) is 8.00. The lowest BCUT2D eigenvalue weighted by atomic mass is 10.1. The first-order chi connectivity index (χ1) is 8.74. The third-order valence-corrected chi connectivity index (χ3v) is 3.48. The topological polar surface area (TPSA) is 41.1 Å². The molecule has 0 unspecified atom stereocenters. The van der Waals surface area contributed by atoms with Gasteiger partial charge >= 0.3 is 6.03 Å². The molecule has 0 saturated heterocycles. The van der Waals surface area contributed by atoms with Crippen LogP contribution in [-0.4, -0.2) is 19.1 Å².